The lowest BCUT2D eigenvalue weighted by atomic mass is 10.0. The number of benzene rings is 1. The maximum absolute atomic E-state index is 13.3. The molecule has 0 aliphatic carbocycles. The minimum atomic E-state index is -0.457. The van der Waals surface area contributed by atoms with Gasteiger partial charge in [0.1, 0.15) is 11.6 Å². The highest BCUT2D eigenvalue weighted by atomic mass is 35.5. The third kappa shape index (κ3) is 7.05. The molecule has 0 N–H and O–H groups in total. The first-order valence-electron chi connectivity index (χ1n) is 12.2. The monoisotopic (exact) mass is 533 g/mol. The summed E-state index contributed by atoms with van der Waals surface area (Å²) in [6, 6.07) is 10.4. The van der Waals surface area contributed by atoms with Crippen molar-refractivity contribution < 1.29 is 9.18 Å². The summed E-state index contributed by atoms with van der Waals surface area (Å²) in [6.07, 6.45) is 7.41. The van der Waals surface area contributed by atoms with Crippen molar-refractivity contribution in [1.82, 2.24) is 19.7 Å². The molecule has 0 atom stereocenters. The van der Waals surface area contributed by atoms with Crippen LogP contribution in [0, 0.1) is 5.82 Å². The number of pyridine rings is 1. The van der Waals surface area contributed by atoms with Crippen molar-refractivity contribution in [3.05, 3.63) is 76.5 Å². The van der Waals surface area contributed by atoms with E-state index >= 15 is 0 Å². The fraction of sp³-hybridized carbons (Fsp3) is 0.444. The maximum atomic E-state index is 13.3. The summed E-state index contributed by atoms with van der Waals surface area (Å²) in [7, 11) is 2.07. The standard InChI is InChI=1S/C27H33ClFN5O.ClH/c1-19(2)34-18-20(17-30-34)9-12-33-13-10-23(11-14-33)32(3)27-6-4-5-22(31-27)16-26(35)24-8-7-21(29)15-25(24)28;/h4-8,15,17-19,23H,9-14,16H2,1-3H3;1H. The Bertz CT molecular complexity index is 1160. The van der Waals surface area contributed by atoms with Crippen molar-refractivity contribution in [1.29, 1.82) is 0 Å². The van der Waals surface area contributed by atoms with Gasteiger partial charge in [0, 0.05) is 50.5 Å². The first-order valence-corrected chi connectivity index (χ1v) is 12.6. The zero-order chi connectivity index (χ0) is 24.9. The van der Waals surface area contributed by atoms with Crippen molar-refractivity contribution >= 4 is 35.6 Å². The minimum absolute atomic E-state index is 0. The Balaban J connectivity index is 0.00000361. The number of hydrogen-bond donors (Lipinski definition) is 0. The molecule has 0 unspecified atom stereocenters. The molecule has 9 heteroatoms. The molecule has 1 aromatic carbocycles. The predicted molar refractivity (Wildman–Crippen MR) is 145 cm³/mol. The number of halogens is 3. The highest BCUT2D eigenvalue weighted by molar-refractivity contribution is 6.34. The average molecular weight is 535 g/mol. The highest BCUT2D eigenvalue weighted by Gasteiger charge is 2.23. The molecule has 0 spiro atoms. The third-order valence-electron chi connectivity index (χ3n) is 6.73. The number of hydrogen-bond acceptors (Lipinski definition) is 5. The van der Waals surface area contributed by atoms with Gasteiger partial charge in [0.2, 0.25) is 0 Å². The lowest BCUT2D eigenvalue weighted by Crippen LogP contribution is -2.44. The molecule has 1 aliphatic rings. The van der Waals surface area contributed by atoms with Crippen molar-refractivity contribution in [2.24, 2.45) is 0 Å². The van der Waals surface area contributed by atoms with Crippen LogP contribution in [0.15, 0.2) is 48.8 Å². The number of nitrogens with zero attached hydrogens (tertiary/aromatic N) is 5. The second kappa shape index (κ2) is 12.7. The Kier molecular flexibility index (Phi) is 9.88. The zero-order valence-corrected chi connectivity index (χ0v) is 22.6. The van der Waals surface area contributed by atoms with Crippen molar-refractivity contribution in [3.8, 4) is 0 Å². The van der Waals surface area contributed by atoms with Crippen LogP contribution in [0.4, 0.5) is 10.2 Å². The molecule has 0 amide bonds. The van der Waals surface area contributed by atoms with Crippen LogP contribution in [0.5, 0.6) is 0 Å². The zero-order valence-electron chi connectivity index (χ0n) is 21.0. The summed E-state index contributed by atoms with van der Waals surface area (Å²) in [5.74, 6) is 0.233. The Morgan fingerprint density at radius 2 is 1.97 bits per heavy atom. The van der Waals surface area contributed by atoms with Gasteiger partial charge in [-0.05, 0) is 69.0 Å². The second-order valence-corrected chi connectivity index (χ2v) is 9.97. The van der Waals surface area contributed by atoms with Gasteiger partial charge in [-0.25, -0.2) is 9.37 Å². The van der Waals surface area contributed by atoms with Crippen LogP contribution < -0.4 is 4.90 Å². The molecule has 194 valence electrons. The summed E-state index contributed by atoms with van der Waals surface area (Å²) in [5.41, 5.74) is 2.28. The van der Waals surface area contributed by atoms with Crippen molar-refractivity contribution in [2.45, 2.75) is 51.6 Å². The molecule has 2 aromatic heterocycles. The Morgan fingerprint density at radius 3 is 2.64 bits per heavy atom. The molecule has 4 rings (SSSR count). The largest absolute Gasteiger partial charge is 0.357 e. The van der Waals surface area contributed by atoms with Crippen LogP contribution >= 0.6 is 24.0 Å². The van der Waals surface area contributed by atoms with E-state index in [2.05, 4.69) is 42.0 Å². The molecule has 0 saturated carbocycles. The number of anilines is 1. The predicted octanol–water partition coefficient (Wildman–Crippen LogP) is 5.64. The van der Waals surface area contributed by atoms with E-state index in [0.717, 1.165) is 50.8 Å². The lowest BCUT2D eigenvalue weighted by molar-refractivity contribution is 0.0992. The van der Waals surface area contributed by atoms with E-state index < -0.39 is 5.82 Å². The van der Waals surface area contributed by atoms with Gasteiger partial charge in [-0.1, -0.05) is 17.7 Å². The van der Waals surface area contributed by atoms with E-state index in [1.807, 2.05) is 29.1 Å². The second-order valence-electron chi connectivity index (χ2n) is 9.57. The van der Waals surface area contributed by atoms with Gasteiger partial charge < -0.3 is 9.80 Å². The number of carbonyl (C=O) groups is 1. The molecule has 36 heavy (non-hydrogen) atoms. The number of rotatable bonds is 9. The van der Waals surface area contributed by atoms with Gasteiger partial charge >= 0.3 is 0 Å². The first-order chi connectivity index (χ1) is 16.8. The van der Waals surface area contributed by atoms with Crippen LogP contribution in [-0.2, 0) is 12.8 Å². The van der Waals surface area contributed by atoms with Crippen LogP contribution in [0.2, 0.25) is 5.02 Å². The minimum Gasteiger partial charge on any atom is -0.357 e. The van der Waals surface area contributed by atoms with Gasteiger partial charge in [-0.15, -0.1) is 12.4 Å². The molecule has 0 radical (unpaired) electrons. The third-order valence-corrected chi connectivity index (χ3v) is 7.04. The van der Waals surface area contributed by atoms with E-state index in [0.29, 0.717) is 23.3 Å². The molecule has 0 bridgehead atoms. The quantitative estimate of drug-likeness (QED) is 0.333. The summed E-state index contributed by atoms with van der Waals surface area (Å²) in [5, 5.41) is 4.57. The van der Waals surface area contributed by atoms with E-state index in [1.54, 1.807) is 0 Å². The molecule has 6 nitrogen and oxygen atoms in total. The van der Waals surface area contributed by atoms with Crippen LogP contribution in [0.1, 0.15) is 54.3 Å². The van der Waals surface area contributed by atoms with Gasteiger partial charge in [-0.2, -0.15) is 5.10 Å². The molecule has 1 aliphatic heterocycles. The summed E-state index contributed by atoms with van der Waals surface area (Å²) < 4.78 is 15.3. The van der Waals surface area contributed by atoms with Crippen LogP contribution in [0.25, 0.3) is 0 Å². The Labute approximate surface area is 223 Å². The Hall–Kier alpha value is -2.48. The smallest absolute Gasteiger partial charge is 0.170 e. The Morgan fingerprint density at radius 1 is 1.22 bits per heavy atom. The molecular weight excluding hydrogens is 500 g/mol. The summed E-state index contributed by atoms with van der Waals surface area (Å²) in [4.78, 5) is 22.2. The fourth-order valence-electron chi connectivity index (χ4n) is 4.53. The molecular formula is C27H34Cl2FN5O. The maximum Gasteiger partial charge on any atom is 0.170 e. The fourth-order valence-corrected chi connectivity index (χ4v) is 4.80. The van der Waals surface area contributed by atoms with Crippen molar-refractivity contribution in [3.63, 3.8) is 0 Å². The SMILES string of the molecule is CC(C)n1cc(CCN2CCC(N(C)c3cccc(CC(=O)c4ccc(F)cc4Cl)n3)CC2)cn1.Cl. The number of Topliss-reactive ketones (excluding diaryl/α,β-unsaturated/α-hetero) is 1. The number of ketones is 1. The summed E-state index contributed by atoms with van der Waals surface area (Å²) in [6.45, 7) is 7.43. The van der Waals surface area contributed by atoms with Gasteiger partial charge in [-0.3, -0.25) is 9.48 Å². The lowest BCUT2D eigenvalue weighted by Gasteiger charge is -2.37. The number of piperidine rings is 1. The first kappa shape index (κ1) is 28.1. The normalized spacial score (nSPS) is 14.6. The molecule has 1 saturated heterocycles. The van der Waals surface area contributed by atoms with E-state index in [1.165, 1.54) is 17.7 Å². The number of carbonyl (C=O) groups excluding carboxylic acids is 1. The average Bonchev–Trinajstić information content (AvgIpc) is 3.32. The van der Waals surface area contributed by atoms with Crippen molar-refractivity contribution in [2.75, 3.05) is 31.6 Å². The topological polar surface area (TPSA) is 54.3 Å². The van der Waals surface area contributed by atoms with Gasteiger partial charge in [0.15, 0.2) is 5.78 Å². The number of likely N-dealkylation sites (tertiary alicyclic amines) is 1. The molecule has 3 aromatic rings. The van der Waals surface area contributed by atoms with Crippen LogP contribution in [0.3, 0.4) is 0 Å². The van der Waals surface area contributed by atoms with E-state index in [9.17, 15) is 9.18 Å². The van der Waals surface area contributed by atoms with E-state index in [4.69, 9.17) is 16.6 Å². The summed E-state index contributed by atoms with van der Waals surface area (Å²) >= 11 is 6.06. The van der Waals surface area contributed by atoms with Crippen LogP contribution in [-0.4, -0.2) is 58.2 Å². The molecule has 1 fully saturated rings. The van der Waals surface area contributed by atoms with E-state index in [-0.39, 0.29) is 29.6 Å². The number of aromatic nitrogens is 3. The molecule has 3 heterocycles. The van der Waals surface area contributed by atoms with Gasteiger partial charge in [0.25, 0.3) is 0 Å². The highest BCUT2D eigenvalue weighted by Crippen LogP contribution is 2.23. The van der Waals surface area contributed by atoms with Gasteiger partial charge in [0.05, 0.1) is 23.3 Å².